The molecule has 1 fully saturated rings. The van der Waals surface area contributed by atoms with Gasteiger partial charge in [-0.15, -0.1) is 0 Å². The van der Waals surface area contributed by atoms with Gasteiger partial charge < -0.3 is 9.84 Å². The van der Waals surface area contributed by atoms with E-state index >= 15 is 0 Å². The van der Waals surface area contributed by atoms with Crippen molar-refractivity contribution in [1.29, 1.82) is 0 Å². The first-order valence-corrected chi connectivity index (χ1v) is 10.1. The molecule has 1 aromatic heterocycles. The minimum Gasteiger partial charge on any atom is -0.349 e. The third-order valence-corrected chi connectivity index (χ3v) is 5.48. The largest absolute Gasteiger partial charge is 0.349 e. The number of hydrogen-bond acceptors (Lipinski definition) is 5. The smallest absolute Gasteiger partial charge is 0.241 e. The topological polar surface area (TPSA) is 71.3 Å². The third kappa shape index (κ3) is 4.90. The van der Waals surface area contributed by atoms with Crippen molar-refractivity contribution in [2.45, 2.75) is 32.4 Å². The number of hydrogen-bond donors (Lipinski definition) is 1. The van der Waals surface area contributed by atoms with Gasteiger partial charge in [-0.3, -0.25) is 9.69 Å². The quantitative estimate of drug-likeness (QED) is 0.693. The van der Waals surface area contributed by atoms with Crippen LogP contribution < -0.4 is 5.32 Å². The molecule has 0 radical (unpaired) electrons. The molecule has 0 spiro atoms. The Morgan fingerprint density at radius 2 is 1.76 bits per heavy atom. The number of aromatic nitrogens is 2. The van der Waals surface area contributed by atoms with E-state index in [1.807, 2.05) is 67.6 Å². The second-order valence-corrected chi connectivity index (χ2v) is 7.57. The highest BCUT2D eigenvalue weighted by atomic mass is 16.5. The fourth-order valence-electron chi connectivity index (χ4n) is 3.72. The number of carbonyl (C=O) groups excluding carboxylic acids is 1. The molecule has 0 saturated carbocycles. The Morgan fingerprint density at radius 3 is 2.45 bits per heavy atom. The van der Waals surface area contributed by atoms with Crippen molar-refractivity contribution >= 4 is 5.91 Å². The fraction of sp³-hybridized carbons (Fsp3) is 0.348. The summed E-state index contributed by atoms with van der Waals surface area (Å²) in [6, 6.07) is 19.9. The van der Waals surface area contributed by atoms with Crippen LogP contribution in [0.4, 0.5) is 0 Å². The van der Waals surface area contributed by atoms with E-state index in [0.717, 1.165) is 37.1 Å². The van der Waals surface area contributed by atoms with Gasteiger partial charge in [0.2, 0.25) is 17.6 Å². The van der Waals surface area contributed by atoms with Gasteiger partial charge in [0.1, 0.15) is 0 Å². The first-order chi connectivity index (χ1) is 14.2. The molecule has 6 nitrogen and oxygen atoms in total. The number of carbonyl (C=O) groups is 1. The van der Waals surface area contributed by atoms with Crippen LogP contribution in [0.15, 0.2) is 65.2 Å². The van der Waals surface area contributed by atoms with Crippen molar-refractivity contribution in [3.8, 4) is 11.4 Å². The molecule has 0 unspecified atom stereocenters. The van der Waals surface area contributed by atoms with Crippen molar-refractivity contribution < 1.29 is 9.32 Å². The summed E-state index contributed by atoms with van der Waals surface area (Å²) in [5.41, 5.74) is 2.08. The van der Waals surface area contributed by atoms with E-state index in [0.29, 0.717) is 18.3 Å². The number of rotatable bonds is 6. The van der Waals surface area contributed by atoms with Crippen LogP contribution in [0, 0.1) is 5.92 Å². The zero-order valence-corrected chi connectivity index (χ0v) is 16.6. The molecule has 2 heterocycles. The highest BCUT2D eigenvalue weighted by molar-refractivity contribution is 5.79. The van der Waals surface area contributed by atoms with E-state index in [4.69, 9.17) is 4.52 Å². The van der Waals surface area contributed by atoms with Crippen molar-refractivity contribution in [3.63, 3.8) is 0 Å². The average Bonchev–Trinajstić information content (AvgIpc) is 3.24. The van der Waals surface area contributed by atoms with Gasteiger partial charge in [-0.2, -0.15) is 4.98 Å². The van der Waals surface area contributed by atoms with Crippen LogP contribution in [0.3, 0.4) is 0 Å². The summed E-state index contributed by atoms with van der Waals surface area (Å²) >= 11 is 0. The number of piperidine rings is 1. The zero-order chi connectivity index (χ0) is 20.1. The number of nitrogens with one attached hydrogen (secondary N) is 1. The minimum atomic E-state index is 0.0246. The summed E-state index contributed by atoms with van der Waals surface area (Å²) in [7, 11) is 0. The third-order valence-electron chi connectivity index (χ3n) is 5.48. The lowest BCUT2D eigenvalue weighted by Crippen LogP contribution is -2.40. The van der Waals surface area contributed by atoms with Crippen LogP contribution in [-0.2, 0) is 11.3 Å². The lowest BCUT2D eigenvalue weighted by molar-refractivity contribution is -0.127. The molecule has 1 aliphatic heterocycles. The fourth-order valence-corrected chi connectivity index (χ4v) is 3.72. The van der Waals surface area contributed by atoms with Crippen LogP contribution in [0.1, 0.15) is 37.3 Å². The normalized spacial score (nSPS) is 16.4. The Balaban J connectivity index is 1.26. The van der Waals surface area contributed by atoms with E-state index in [2.05, 4.69) is 20.4 Å². The summed E-state index contributed by atoms with van der Waals surface area (Å²) in [4.78, 5) is 19.4. The molecule has 3 aromatic rings. The van der Waals surface area contributed by atoms with Gasteiger partial charge in [0.15, 0.2) is 0 Å². The Kier molecular flexibility index (Phi) is 6.00. The molecule has 29 heavy (non-hydrogen) atoms. The molecule has 1 amide bonds. The molecular weight excluding hydrogens is 364 g/mol. The van der Waals surface area contributed by atoms with Gasteiger partial charge in [-0.25, -0.2) is 0 Å². The van der Waals surface area contributed by atoms with Crippen molar-refractivity contribution in [2.75, 3.05) is 13.1 Å². The average molecular weight is 390 g/mol. The predicted octanol–water partition coefficient (Wildman–Crippen LogP) is 3.83. The van der Waals surface area contributed by atoms with E-state index < -0.39 is 0 Å². The van der Waals surface area contributed by atoms with Crippen molar-refractivity contribution in [1.82, 2.24) is 20.4 Å². The molecular formula is C23H26N4O2. The maximum Gasteiger partial charge on any atom is 0.241 e. The van der Waals surface area contributed by atoms with Crippen molar-refractivity contribution in [3.05, 3.63) is 72.1 Å². The first-order valence-electron chi connectivity index (χ1n) is 10.1. The first kappa shape index (κ1) is 19.3. The Labute approximate surface area is 170 Å². The van der Waals surface area contributed by atoms with Gasteiger partial charge in [0.25, 0.3) is 0 Å². The number of amides is 1. The number of nitrogens with zero attached hydrogens (tertiary/aromatic N) is 3. The Hall–Kier alpha value is -2.99. The minimum absolute atomic E-state index is 0.0246. The predicted molar refractivity (Wildman–Crippen MR) is 111 cm³/mol. The summed E-state index contributed by atoms with van der Waals surface area (Å²) in [6.45, 7) is 4.35. The molecule has 1 aliphatic rings. The maximum atomic E-state index is 12.6. The summed E-state index contributed by atoms with van der Waals surface area (Å²) in [5.74, 6) is 1.43. The van der Waals surface area contributed by atoms with Gasteiger partial charge >= 0.3 is 0 Å². The van der Waals surface area contributed by atoms with Crippen LogP contribution >= 0.6 is 0 Å². The lowest BCUT2D eigenvalue weighted by atomic mass is 9.95. The lowest BCUT2D eigenvalue weighted by Gasteiger charge is -2.30. The second kappa shape index (κ2) is 9.01. The van der Waals surface area contributed by atoms with Crippen molar-refractivity contribution in [2.24, 2.45) is 5.92 Å². The molecule has 2 aromatic carbocycles. The Morgan fingerprint density at radius 1 is 1.10 bits per heavy atom. The van der Waals surface area contributed by atoms with Crippen LogP contribution in [0.25, 0.3) is 11.4 Å². The second-order valence-electron chi connectivity index (χ2n) is 7.57. The highest BCUT2D eigenvalue weighted by Crippen LogP contribution is 2.22. The molecule has 1 atom stereocenters. The van der Waals surface area contributed by atoms with E-state index in [1.165, 1.54) is 0 Å². The summed E-state index contributed by atoms with van der Waals surface area (Å²) < 4.78 is 5.42. The molecule has 1 N–H and O–H groups in total. The standard InChI is InChI=1S/C23H26N4O2/c1-17(18-8-4-2-5-9-18)24-23(28)20-12-14-27(15-13-20)16-21-25-22(26-29-21)19-10-6-3-7-11-19/h2-11,17,20H,12-16H2,1H3,(H,24,28)/t17-/m1/s1. The van der Waals surface area contributed by atoms with E-state index in [-0.39, 0.29) is 17.9 Å². The molecule has 6 heteroatoms. The maximum absolute atomic E-state index is 12.6. The van der Waals surface area contributed by atoms with Crippen LogP contribution in [-0.4, -0.2) is 34.0 Å². The van der Waals surface area contributed by atoms with Gasteiger partial charge in [0, 0.05) is 11.5 Å². The van der Waals surface area contributed by atoms with Crippen LogP contribution in [0.5, 0.6) is 0 Å². The molecule has 4 rings (SSSR count). The molecule has 1 saturated heterocycles. The zero-order valence-electron chi connectivity index (χ0n) is 16.6. The highest BCUT2D eigenvalue weighted by Gasteiger charge is 2.27. The van der Waals surface area contributed by atoms with Gasteiger partial charge in [-0.05, 0) is 38.4 Å². The monoisotopic (exact) mass is 390 g/mol. The van der Waals surface area contributed by atoms with E-state index in [9.17, 15) is 4.79 Å². The van der Waals surface area contributed by atoms with E-state index in [1.54, 1.807) is 0 Å². The number of benzene rings is 2. The number of likely N-dealkylation sites (tertiary alicyclic amines) is 1. The molecule has 0 bridgehead atoms. The molecule has 0 aliphatic carbocycles. The SMILES string of the molecule is C[C@@H](NC(=O)C1CCN(Cc2nc(-c3ccccc3)no2)CC1)c1ccccc1. The van der Waals surface area contributed by atoms with Crippen LogP contribution in [0.2, 0.25) is 0 Å². The summed E-state index contributed by atoms with van der Waals surface area (Å²) in [6.07, 6.45) is 1.68. The molecule has 150 valence electrons. The van der Waals surface area contributed by atoms with Gasteiger partial charge in [0.05, 0.1) is 12.6 Å². The Bertz CT molecular complexity index is 918. The summed E-state index contributed by atoms with van der Waals surface area (Å²) in [5, 5.41) is 7.23. The van der Waals surface area contributed by atoms with Gasteiger partial charge in [-0.1, -0.05) is 65.8 Å².